The fourth-order valence-corrected chi connectivity index (χ4v) is 7.27. The lowest BCUT2D eigenvalue weighted by atomic mass is 9.53. The van der Waals surface area contributed by atoms with E-state index < -0.39 is 0 Å². The Hall–Kier alpha value is -2.08. The Bertz CT molecular complexity index is 796. The molecular formula is C27H40N4O2. The molecule has 33 heavy (non-hydrogen) atoms. The van der Waals surface area contributed by atoms with E-state index >= 15 is 0 Å². The number of amides is 3. The van der Waals surface area contributed by atoms with E-state index in [1.54, 1.807) is 0 Å². The molecule has 1 heterocycles. The molecule has 4 aliphatic carbocycles. The van der Waals surface area contributed by atoms with Crippen molar-refractivity contribution in [2.24, 2.45) is 17.8 Å². The molecule has 0 aromatic heterocycles. The van der Waals surface area contributed by atoms with Crippen LogP contribution in [-0.4, -0.2) is 42.0 Å². The smallest absolute Gasteiger partial charge is 0.315 e. The Kier molecular flexibility index (Phi) is 6.91. The van der Waals surface area contributed by atoms with Crippen LogP contribution in [-0.2, 0) is 17.9 Å². The molecule has 5 fully saturated rings. The third-order valence-corrected chi connectivity index (χ3v) is 8.42. The molecule has 0 radical (unpaired) electrons. The van der Waals surface area contributed by atoms with Crippen LogP contribution in [0, 0.1) is 17.8 Å². The predicted octanol–water partition coefficient (Wildman–Crippen LogP) is 3.95. The first-order valence-corrected chi connectivity index (χ1v) is 13.2. The average molecular weight is 453 g/mol. The van der Waals surface area contributed by atoms with Gasteiger partial charge in [-0.25, -0.2) is 4.79 Å². The van der Waals surface area contributed by atoms with Crippen molar-refractivity contribution in [1.29, 1.82) is 0 Å². The van der Waals surface area contributed by atoms with E-state index in [1.165, 1.54) is 57.2 Å². The van der Waals surface area contributed by atoms with Gasteiger partial charge in [-0.15, -0.1) is 0 Å². The maximum Gasteiger partial charge on any atom is 0.315 e. The van der Waals surface area contributed by atoms with Gasteiger partial charge in [0.2, 0.25) is 5.91 Å². The topological polar surface area (TPSA) is 73.5 Å². The number of hydrogen-bond donors (Lipinski definition) is 3. The van der Waals surface area contributed by atoms with Crippen LogP contribution in [0.3, 0.4) is 0 Å². The van der Waals surface area contributed by atoms with Crippen LogP contribution >= 0.6 is 0 Å². The van der Waals surface area contributed by atoms with Crippen molar-refractivity contribution in [3.8, 4) is 0 Å². The van der Waals surface area contributed by atoms with Crippen LogP contribution in [0.15, 0.2) is 24.3 Å². The van der Waals surface area contributed by atoms with Crippen LogP contribution in [0.25, 0.3) is 0 Å². The molecule has 6 rings (SSSR count). The quantitative estimate of drug-likeness (QED) is 0.559. The molecule has 1 saturated heterocycles. The predicted molar refractivity (Wildman–Crippen MR) is 129 cm³/mol. The summed E-state index contributed by atoms with van der Waals surface area (Å²) in [6.07, 6.45) is 11.8. The van der Waals surface area contributed by atoms with Crippen molar-refractivity contribution >= 4 is 11.9 Å². The van der Waals surface area contributed by atoms with Crippen molar-refractivity contribution in [3.63, 3.8) is 0 Å². The number of piperidine rings is 1. The van der Waals surface area contributed by atoms with Gasteiger partial charge in [0.05, 0.1) is 0 Å². The summed E-state index contributed by atoms with van der Waals surface area (Å²) < 4.78 is 0. The highest BCUT2D eigenvalue weighted by molar-refractivity contribution is 5.78. The van der Waals surface area contributed by atoms with Crippen molar-refractivity contribution in [1.82, 2.24) is 20.9 Å². The van der Waals surface area contributed by atoms with E-state index in [9.17, 15) is 9.59 Å². The Morgan fingerprint density at radius 3 is 2.09 bits per heavy atom. The maximum absolute atomic E-state index is 12.5. The van der Waals surface area contributed by atoms with Crippen molar-refractivity contribution in [2.75, 3.05) is 19.6 Å². The molecule has 4 bridgehead atoms. The number of likely N-dealkylation sites (tertiary alicyclic amines) is 1. The van der Waals surface area contributed by atoms with Gasteiger partial charge < -0.3 is 16.0 Å². The molecule has 1 aromatic carbocycles. The van der Waals surface area contributed by atoms with Gasteiger partial charge in [-0.2, -0.15) is 0 Å². The van der Waals surface area contributed by atoms with E-state index in [1.807, 2.05) is 0 Å². The molecule has 3 amide bonds. The van der Waals surface area contributed by atoms with E-state index in [-0.39, 0.29) is 17.5 Å². The molecule has 6 nitrogen and oxygen atoms in total. The number of hydrogen-bond acceptors (Lipinski definition) is 3. The highest BCUT2D eigenvalue weighted by atomic mass is 16.2. The van der Waals surface area contributed by atoms with Crippen molar-refractivity contribution in [3.05, 3.63) is 35.4 Å². The molecular weight excluding hydrogens is 412 g/mol. The molecule has 180 valence electrons. The first-order chi connectivity index (χ1) is 16.1. The molecule has 6 heteroatoms. The lowest BCUT2D eigenvalue weighted by molar-refractivity contribution is -0.121. The summed E-state index contributed by atoms with van der Waals surface area (Å²) >= 11 is 0. The van der Waals surface area contributed by atoms with E-state index in [4.69, 9.17) is 0 Å². The largest absolute Gasteiger partial charge is 0.352 e. The van der Waals surface area contributed by atoms with Gasteiger partial charge in [0, 0.05) is 31.6 Å². The highest BCUT2D eigenvalue weighted by Crippen LogP contribution is 2.55. The summed E-state index contributed by atoms with van der Waals surface area (Å²) in [6, 6.07) is 8.46. The second kappa shape index (κ2) is 10.0. The maximum atomic E-state index is 12.5. The van der Waals surface area contributed by atoms with Gasteiger partial charge >= 0.3 is 6.03 Å². The average Bonchev–Trinajstić information content (AvgIpc) is 2.78. The number of carbonyl (C=O) groups excluding carboxylic acids is 2. The third kappa shape index (κ3) is 5.89. The minimum absolute atomic E-state index is 0.0151. The van der Waals surface area contributed by atoms with Gasteiger partial charge in [-0.3, -0.25) is 9.69 Å². The number of rotatable bonds is 8. The van der Waals surface area contributed by atoms with Crippen LogP contribution in [0.4, 0.5) is 4.79 Å². The van der Waals surface area contributed by atoms with Crippen LogP contribution in [0.5, 0.6) is 0 Å². The van der Waals surface area contributed by atoms with Crippen LogP contribution < -0.4 is 16.0 Å². The Morgan fingerprint density at radius 1 is 0.848 bits per heavy atom. The molecule has 3 N–H and O–H groups in total. The van der Waals surface area contributed by atoms with Gasteiger partial charge in [0.1, 0.15) is 0 Å². The zero-order valence-electron chi connectivity index (χ0n) is 19.9. The first-order valence-electron chi connectivity index (χ1n) is 13.2. The molecule has 4 saturated carbocycles. The first kappa shape index (κ1) is 22.7. The van der Waals surface area contributed by atoms with E-state index in [2.05, 4.69) is 45.1 Å². The second-order valence-corrected chi connectivity index (χ2v) is 11.3. The zero-order valence-corrected chi connectivity index (χ0v) is 19.9. The second-order valence-electron chi connectivity index (χ2n) is 11.3. The minimum atomic E-state index is -0.103. The van der Waals surface area contributed by atoms with Gasteiger partial charge in [-0.1, -0.05) is 30.7 Å². The third-order valence-electron chi connectivity index (χ3n) is 8.42. The van der Waals surface area contributed by atoms with Crippen LogP contribution in [0.2, 0.25) is 0 Å². The normalized spacial score (nSPS) is 30.7. The number of carbonyl (C=O) groups is 2. The molecule has 0 unspecified atom stereocenters. The monoisotopic (exact) mass is 452 g/mol. The van der Waals surface area contributed by atoms with E-state index in [0.717, 1.165) is 49.1 Å². The Balaban J connectivity index is 0.985. The molecule has 5 aliphatic rings. The van der Waals surface area contributed by atoms with Gasteiger partial charge in [0.25, 0.3) is 0 Å². The van der Waals surface area contributed by atoms with E-state index in [0.29, 0.717) is 19.5 Å². The summed E-state index contributed by atoms with van der Waals surface area (Å²) in [7, 11) is 0. The van der Waals surface area contributed by atoms with Crippen molar-refractivity contribution in [2.45, 2.75) is 82.8 Å². The number of benzene rings is 1. The summed E-state index contributed by atoms with van der Waals surface area (Å²) in [5, 5.41) is 9.20. The number of urea groups is 1. The lowest BCUT2D eigenvalue weighted by Crippen LogP contribution is -2.61. The lowest BCUT2D eigenvalue weighted by Gasteiger charge is -2.56. The standard InChI is InChI=1S/C27H40N4O2/c32-25(29-18-20-4-6-21(7-5-20)19-31-10-2-1-3-11-31)8-9-28-26(33)30-27-15-22-12-23(16-27)14-24(13-22)17-27/h4-7,22-24H,1-3,8-19H2,(H,29,32)(H2,28,30,33). The summed E-state index contributed by atoms with van der Waals surface area (Å²) in [6.45, 7) is 4.32. The molecule has 1 aromatic rings. The fourth-order valence-electron chi connectivity index (χ4n) is 7.27. The van der Waals surface area contributed by atoms with Gasteiger partial charge in [0.15, 0.2) is 0 Å². The Labute approximate surface area is 198 Å². The summed E-state index contributed by atoms with van der Waals surface area (Å²) in [5.41, 5.74) is 2.46. The minimum Gasteiger partial charge on any atom is -0.352 e. The molecule has 1 aliphatic heterocycles. The van der Waals surface area contributed by atoms with Crippen LogP contribution in [0.1, 0.15) is 75.3 Å². The zero-order chi connectivity index (χ0) is 22.7. The van der Waals surface area contributed by atoms with Crippen molar-refractivity contribution < 1.29 is 9.59 Å². The molecule has 0 spiro atoms. The highest BCUT2D eigenvalue weighted by Gasteiger charge is 2.51. The SMILES string of the molecule is O=C(CCNC(=O)NC12CC3CC(CC(C3)C1)C2)NCc1ccc(CN2CCCCC2)cc1. The van der Waals surface area contributed by atoms with Gasteiger partial charge in [-0.05, 0) is 93.3 Å². The summed E-state index contributed by atoms with van der Waals surface area (Å²) in [4.78, 5) is 27.3. The Morgan fingerprint density at radius 2 is 1.45 bits per heavy atom. The number of nitrogens with zero attached hydrogens (tertiary/aromatic N) is 1. The fraction of sp³-hybridized carbons (Fsp3) is 0.704. The number of nitrogens with one attached hydrogen (secondary N) is 3. The molecule has 0 atom stereocenters. The summed E-state index contributed by atoms with van der Waals surface area (Å²) in [5.74, 6) is 2.39.